The number of rotatable bonds is 6. The molecule has 8 heteroatoms. The van der Waals surface area contributed by atoms with Crippen LogP contribution in [0.4, 0.5) is 4.39 Å². The minimum Gasteiger partial charge on any atom is -0.497 e. The van der Waals surface area contributed by atoms with E-state index >= 15 is 0 Å². The summed E-state index contributed by atoms with van der Waals surface area (Å²) in [5, 5.41) is 5.20. The van der Waals surface area contributed by atoms with Gasteiger partial charge in [0, 0.05) is 18.5 Å². The van der Waals surface area contributed by atoms with Crippen molar-refractivity contribution in [2.75, 3.05) is 13.7 Å². The van der Waals surface area contributed by atoms with Crippen LogP contribution in [-0.2, 0) is 19.1 Å². The fourth-order valence-corrected chi connectivity index (χ4v) is 3.58. The summed E-state index contributed by atoms with van der Waals surface area (Å²) in [4.78, 5) is 38.5. The highest BCUT2D eigenvalue weighted by Crippen LogP contribution is 2.38. The molecule has 1 heterocycles. The highest BCUT2D eigenvalue weighted by molar-refractivity contribution is 6.15. The molecule has 0 radical (unpaired) electrons. The number of halogens is 1. The molecule has 0 saturated heterocycles. The molecule has 2 aromatic carbocycles. The van der Waals surface area contributed by atoms with Gasteiger partial charge in [-0.25, -0.2) is 9.18 Å². The van der Waals surface area contributed by atoms with E-state index in [1.807, 2.05) is 0 Å². The monoisotopic (exact) mass is 426 g/mol. The molecule has 7 nitrogen and oxygen atoms in total. The first-order valence-electron chi connectivity index (χ1n) is 9.71. The quantitative estimate of drug-likeness (QED) is 0.547. The second-order valence-corrected chi connectivity index (χ2v) is 7.00. The van der Waals surface area contributed by atoms with Gasteiger partial charge < -0.3 is 20.1 Å². The molecule has 1 aliphatic rings. The molecule has 0 saturated carbocycles. The number of benzene rings is 2. The maximum atomic E-state index is 13.4. The Morgan fingerprint density at radius 3 is 2.32 bits per heavy atom. The van der Waals surface area contributed by atoms with Crippen LogP contribution in [0.2, 0.25) is 0 Å². The number of amides is 2. The van der Waals surface area contributed by atoms with Crippen molar-refractivity contribution in [1.82, 2.24) is 10.6 Å². The van der Waals surface area contributed by atoms with Crippen LogP contribution >= 0.6 is 0 Å². The molecule has 0 bridgehead atoms. The van der Waals surface area contributed by atoms with Gasteiger partial charge in [-0.3, -0.25) is 9.59 Å². The molecule has 2 N–H and O–H groups in total. The van der Waals surface area contributed by atoms with Crippen LogP contribution in [0.3, 0.4) is 0 Å². The Hall–Kier alpha value is -3.68. The molecule has 1 aliphatic heterocycles. The van der Waals surface area contributed by atoms with Crippen molar-refractivity contribution >= 4 is 23.5 Å². The van der Waals surface area contributed by atoms with Gasteiger partial charge in [-0.2, -0.15) is 0 Å². The van der Waals surface area contributed by atoms with E-state index in [4.69, 9.17) is 9.47 Å². The van der Waals surface area contributed by atoms with Crippen LogP contribution in [0.1, 0.15) is 30.9 Å². The van der Waals surface area contributed by atoms with E-state index in [1.165, 1.54) is 38.3 Å². The largest absolute Gasteiger partial charge is 0.497 e. The molecule has 2 atom stereocenters. The van der Waals surface area contributed by atoms with Crippen LogP contribution in [0.15, 0.2) is 54.6 Å². The highest BCUT2D eigenvalue weighted by atomic mass is 19.1. The number of carbonyl (C=O) groups is 3. The molecular formula is C23H23FN2O5. The first kappa shape index (κ1) is 22.0. The average Bonchev–Trinajstić information content (AvgIpc) is 2.75. The Morgan fingerprint density at radius 2 is 1.77 bits per heavy atom. The van der Waals surface area contributed by atoms with Gasteiger partial charge in [0.2, 0.25) is 11.4 Å². The zero-order valence-corrected chi connectivity index (χ0v) is 17.4. The maximum absolute atomic E-state index is 13.4. The fraction of sp³-hybridized carbons (Fsp3) is 0.261. The third-order valence-corrected chi connectivity index (χ3v) is 5.01. The molecule has 2 unspecified atom stereocenters. The summed E-state index contributed by atoms with van der Waals surface area (Å²) in [6.45, 7) is 2.86. The normalized spacial score (nSPS) is 20.3. The number of carbonyl (C=O) groups excluding carboxylic acids is 3. The zero-order chi connectivity index (χ0) is 22.6. The Kier molecular flexibility index (Phi) is 6.39. The number of hydrogen-bond donors (Lipinski definition) is 2. The molecule has 162 valence electrons. The number of methoxy groups -OCH3 is 1. The lowest BCUT2D eigenvalue weighted by Crippen LogP contribution is -2.68. The van der Waals surface area contributed by atoms with Gasteiger partial charge in [0.15, 0.2) is 0 Å². The zero-order valence-electron chi connectivity index (χ0n) is 17.4. The summed E-state index contributed by atoms with van der Waals surface area (Å²) in [6.07, 6.45) is 1.66. The minimum atomic E-state index is -2.01. The van der Waals surface area contributed by atoms with E-state index in [2.05, 4.69) is 10.6 Å². The predicted octanol–water partition coefficient (Wildman–Crippen LogP) is 2.53. The Morgan fingerprint density at radius 1 is 1.13 bits per heavy atom. The van der Waals surface area contributed by atoms with Crippen LogP contribution in [0.25, 0.3) is 5.70 Å². The molecule has 2 amide bonds. The van der Waals surface area contributed by atoms with E-state index in [0.717, 1.165) is 0 Å². The van der Waals surface area contributed by atoms with Crippen molar-refractivity contribution in [3.05, 3.63) is 71.6 Å². The predicted molar refractivity (Wildman–Crippen MR) is 111 cm³/mol. The molecule has 3 rings (SSSR count). The SMILES string of the molecule is CCOC(=O)C1(NC(C)=O)C(=O)NC(c2ccc(F)cc2)=CC1c1ccc(OC)cc1. The van der Waals surface area contributed by atoms with Gasteiger partial charge in [-0.1, -0.05) is 24.3 Å². The lowest BCUT2D eigenvalue weighted by molar-refractivity contribution is -0.158. The molecular weight excluding hydrogens is 403 g/mol. The topological polar surface area (TPSA) is 93.7 Å². The third kappa shape index (κ3) is 4.28. The fourth-order valence-electron chi connectivity index (χ4n) is 3.58. The Balaban J connectivity index is 2.21. The lowest BCUT2D eigenvalue weighted by atomic mass is 9.75. The first-order valence-corrected chi connectivity index (χ1v) is 9.71. The molecule has 31 heavy (non-hydrogen) atoms. The number of esters is 1. The van der Waals surface area contributed by atoms with Crippen molar-refractivity contribution < 1.29 is 28.2 Å². The Labute approximate surface area is 179 Å². The standard InChI is InChI=1S/C23H23FN2O5/c1-4-31-22(29)23(26-14(2)27)19(15-7-11-18(30-3)12-8-15)13-20(25-21(23)28)16-5-9-17(24)10-6-16/h5-13,19H,4H2,1-3H3,(H,25,28)(H,26,27). The van der Waals surface area contributed by atoms with Gasteiger partial charge in [-0.15, -0.1) is 0 Å². The van der Waals surface area contributed by atoms with Crippen molar-refractivity contribution in [2.24, 2.45) is 0 Å². The number of nitrogens with one attached hydrogen (secondary N) is 2. The summed E-state index contributed by atoms with van der Waals surface area (Å²) in [5.74, 6) is -2.91. The van der Waals surface area contributed by atoms with Crippen molar-refractivity contribution in [3.63, 3.8) is 0 Å². The first-order chi connectivity index (χ1) is 14.8. The highest BCUT2D eigenvalue weighted by Gasteiger charge is 2.56. The minimum absolute atomic E-state index is 0.0251. The Bertz CT molecular complexity index is 1020. The van der Waals surface area contributed by atoms with Gasteiger partial charge in [0.05, 0.1) is 13.7 Å². The molecule has 0 aliphatic carbocycles. The van der Waals surface area contributed by atoms with Crippen LogP contribution in [0.5, 0.6) is 5.75 Å². The summed E-state index contributed by atoms with van der Waals surface area (Å²) in [5.41, 5.74) is -0.498. The van der Waals surface area contributed by atoms with Crippen molar-refractivity contribution in [1.29, 1.82) is 0 Å². The molecule has 2 aromatic rings. The van der Waals surface area contributed by atoms with Crippen LogP contribution in [0, 0.1) is 5.82 Å². The van der Waals surface area contributed by atoms with Crippen molar-refractivity contribution in [2.45, 2.75) is 25.3 Å². The molecule has 0 spiro atoms. The third-order valence-electron chi connectivity index (χ3n) is 5.01. The summed E-state index contributed by atoms with van der Waals surface area (Å²) < 4.78 is 23.8. The van der Waals surface area contributed by atoms with E-state index in [0.29, 0.717) is 22.6 Å². The van der Waals surface area contributed by atoms with Gasteiger partial charge in [0.1, 0.15) is 11.6 Å². The van der Waals surface area contributed by atoms with E-state index in [-0.39, 0.29) is 6.61 Å². The van der Waals surface area contributed by atoms with Gasteiger partial charge in [0.25, 0.3) is 5.91 Å². The number of ether oxygens (including phenoxy) is 2. The maximum Gasteiger partial charge on any atom is 0.342 e. The van der Waals surface area contributed by atoms with E-state index in [1.54, 1.807) is 37.3 Å². The second kappa shape index (κ2) is 8.99. The van der Waals surface area contributed by atoms with Crippen molar-refractivity contribution in [3.8, 4) is 5.75 Å². The summed E-state index contributed by atoms with van der Waals surface area (Å²) >= 11 is 0. The van der Waals surface area contributed by atoms with Crippen LogP contribution < -0.4 is 15.4 Å². The second-order valence-electron chi connectivity index (χ2n) is 7.00. The van der Waals surface area contributed by atoms with Gasteiger partial charge >= 0.3 is 5.97 Å². The molecule has 0 aromatic heterocycles. The number of hydrogen-bond acceptors (Lipinski definition) is 5. The summed E-state index contributed by atoms with van der Waals surface area (Å²) in [6, 6.07) is 12.4. The smallest absolute Gasteiger partial charge is 0.342 e. The van der Waals surface area contributed by atoms with E-state index in [9.17, 15) is 18.8 Å². The average molecular weight is 426 g/mol. The summed E-state index contributed by atoms with van der Waals surface area (Å²) in [7, 11) is 1.52. The van der Waals surface area contributed by atoms with E-state index < -0.39 is 35.1 Å². The van der Waals surface area contributed by atoms with Crippen LogP contribution in [-0.4, -0.2) is 37.0 Å². The molecule has 0 fully saturated rings. The lowest BCUT2D eigenvalue weighted by Gasteiger charge is -2.40. The van der Waals surface area contributed by atoms with Gasteiger partial charge in [-0.05, 0) is 48.4 Å².